The zero-order chi connectivity index (χ0) is 37.7. The van der Waals surface area contributed by atoms with E-state index in [0.29, 0.717) is 12.8 Å². The third-order valence-electron chi connectivity index (χ3n) is 10.1. The molecule has 3 N–H and O–H groups in total. The van der Waals surface area contributed by atoms with Gasteiger partial charge in [0.15, 0.2) is 0 Å². The number of carboxylic acids is 1. The quantitative estimate of drug-likeness (QED) is 0.0428. The Hall–Kier alpha value is -1.14. The first-order valence-corrected chi connectivity index (χ1v) is 22.6. The number of aliphatic hydroxyl groups excluding tert-OH is 2. The van der Waals surface area contributed by atoms with Crippen LogP contribution in [-0.2, 0) is 14.3 Å². The number of carbonyl (C=O) groups excluding carboxylic acids is 1. The predicted octanol–water partition coefficient (Wildman–Crippen LogP) is 13.8. The number of carbonyl (C=O) groups is 2. The fourth-order valence-electron chi connectivity index (χ4n) is 6.66. The third-order valence-corrected chi connectivity index (χ3v) is 10.1. The molecule has 0 aromatic carbocycles. The molecular formula is C45H90O6. The second-order valence-corrected chi connectivity index (χ2v) is 15.4. The zero-order valence-corrected chi connectivity index (χ0v) is 34.4. The molecule has 0 bridgehead atoms. The molecule has 0 heterocycles. The van der Waals surface area contributed by atoms with Crippen molar-refractivity contribution >= 4 is 11.9 Å². The van der Waals surface area contributed by atoms with Crippen LogP contribution in [0.1, 0.15) is 258 Å². The molecule has 0 radical (unpaired) electrons. The van der Waals surface area contributed by atoms with Crippen LogP contribution in [0, 0.1) is 0 Å². The number of aliphatic hydroxyl groups is 2. The summed E-state index contributed by atoms with van der Waals surface area (Å²) in [4.78, 5) is 21.8. The van der Waals surface area contributed by atoms with Gasteiger partial charge in [-0.15, -0.1) is 0 Å². The van der Waals surface area contributed by atoms with E-state index in [1.165, 1.54) is 205 Å². The molecule has 0 saturated heterocycles. The van der Waals surface area contributed by atoms with Crippen molar-refractivity contribution in [3.8, 4) is 0 Å². The minimum absolute atomic E-state index is 0.103. The maximum absolute atomic E-state index is 11.4. The molecule has 6 heteroatoms. The maximum Gasteiger partial charge on any atom is 0.305 e. The zero-order valence-electron chi connectivity index (χ0n) is 34.4. The smallest absolute Gasteiger partial charge is 0.305 e. The Kier molecular flexibility index (Phi) is 47.8. The van der Waals surface area contributed by atoms with E-state index < -0.39 is 12.1 Å². The molecule has 0 saturated carbocycles. The number of hydrogen-bond donors (Lipinski definition) is 3. The van der Waals surface area contributed by atoms with Gasteiger partial charge in [0.05, 0.1) is 6.61 Å². The van der Waals surface area contributed by atoms with Crippen LogP contribution in [0.4, 0.5) is 0 Å². The van der Waals surface area contributed by atoms with Gasteiger partial charge >= 0.3 is 11.9 Å². The van der Waals surface area contributed by atoms with E-state index in [0.717, 1.165) is 25.7 Å². The predicted molar refractivity (Wildman–Crippen MR) is 218 cm³/mol. The van der Waals surface area contributed by atoms with Gasteiger partial charge in [-0.3, -0.25) is 9.59 Å². The Morgan fingerprint density at radius 1 is 0.412 bits per heavy atom. The van der Waals surface area contributed by atoms with Crippen LogP contribution >= 0.6 is 0 Å². The van der Waals surface area contributed by atoms with Gasteiger partial charge in [0.1, 0.15) is 12.7 Å². The molecule has 0 aromatic rings. The summed E-state index contributed by atoms with van der Waals surface area (Å²) >= 11 is 0. The van der Waals surface area contributed by atoms with E-state index in [1.54, 1.807) is 0 Å². The van der Waals surface area contributed by atoms with Crippen molar-refractivity contribution < 1.29 is 29.6 Å². The first-order chi connectivity index (χ1) is 25.0. The molecule has 306 valence electrons. The Balaban J connectivity index is 0. The summed E-state index contributed by atoms with van der Waals surface area (Å²) in [5.41, 5.74) is 0. The summed E-state index contributed by atoms with van der Waals surface area (Å²) in [6, 6.07) is 0. The van der Waals surface area contributed by atoms with Crippen LogP contribution in [-0.4, -0.2) is 46.6 Å². The summed E-state index contributed by atoms with van der Waals surface area (Å²) in [7, 11) is 0. The van der Waals surface area contributed by atoms with Crippen LogP contribution in [0.25, 0.3) is 0 Å². The van der Waals surface area contributed by atoms with Crippen LogP contribution in [0.2, 0.25) is 0 Å². The number of ether oxygens (including phenoxy) is 1. The highest BCUT2D eigenvalue weighted by Crippen LogP contribution is 2.16. The lowest BCUT2D eigenvalue weighted by molar-refractivity contribution is -0.147. The average molecular weight is 727 g/mol. The fraction of sp³-hybridized carbons (Fsp3) is 0.956. The van der Waals surface area contributed by atoms with Crippen molar-refractivity contribution in [1.82, 2.24) is 0 Å². The molecule has 1 atom stereocenters. The highest BCUT2D eigenvalue weighted by molar-refractivity contribution is 5.69. The van der Waals surface area contributed by atoms with E-state index in [-0.39, 0.29) is 19.2 Å². The van der Waals surface area contributed by atoms with E-state index >= 15 is 0 Å². The second kappa shape index (κ2) is 46.9. The minimum atomic E-state index is -0.954. The van der Waals surface area contributed by atoms with Gasteiger partial charge in [-0.05, 0) is 12.8 Å². The molecule has 0 rings (SSSR count). The topological polar surface area (TPSA) is 104 Å². The lowest BCUT2D eigenvalue weighted by Gasteiger charge is -2.08. The lowest BCUT2D eigenvalue weighted by Crippen LogP contribution is -2.21. The van der Waals surface area contributed by atoms with E-state index in [1.807, 2.05) is 0 Å². The van der Waals surface area contributed by atoms with Crippen LogP contribution in [0.3, 0.4) is 0 Å². The van der Waals surface area contributed by atoms with Gasteiger partial charge in [0.25, 0.3) is 0 Å². The summed E-state index contributed by atoms with van der Waals surface area (Å²) in [6.07, 6.45) is 48.0. The SMILES string of the molecule is CCCCCCCCCCCCCCCCCCCC(=O)OCC(O)CO.CCCCCCCCCCCCCCCCCCCCCC(=O)O. The lowest BCUT2D eigenvalue weighted by atomic mass is 10.0. The Labute approximate surface area is 318 Å². The van der Waals surface area contributed by atoms with E-state index in [4.69, 9.17) is 20.1 Å². The fourth-order valence-corrected chi connectivity index (χ4v) is 6.66. The molecule has 0 spiro atoms. The Bertz CT molecular complexity index is 669. The standard InChI is InChI=1S/C23H46O4.C22H44O2/c1-2-3-4-5-6-7-8-9-10-11-12-13-14-15-16-17-18-19-23(26)27-21-22(25)20-24;1-2-3-4-5-6-7-8-9-10-11-12-13-14-15-16-17-18-19-20-21-22(23)24/h22,24-25H,2-21H2,1H3;2-21H2,1H3,(H,23,24). The normalized spacial score (nSPS) is 11.7. The van der Waals surface area contributed by atoms with E-state index in [9.17, 15) is 9.59 Å². The first kappa shape index (κ1) is 52.0. The van der Waals surface area contributed by atoms with Gasteiger partial charge in [-0.1, -0.05) is 232 Å². The molecule has 0 amide bonds. The van der Waals surface area contributed by atoms with Crippen molar-refractivity contribution in [2.45, 2.75) is 264 Å². The number of rotatable bonds is 41. The molecule has 0 aliphatic rings. The maximum atomic E-state index is 11.4. The van der Waals surface area contributed by atoms with Crippen molar-refractivity contribution in [2.75, 3.05) is 13.2 Å². The molecule has 0 aliphatic heterocycles. The molecule has 1 unspecified atom stereocenters. The van der Waals surface area contributed by atoms with Crippen molar-refractivity contribution in [3.05, 3.63) is 0 Å². The number of hydrogen-bond acceptors (Lipinski definition) is 5. The summed E-state index contributed by atoms with van der Waals surface area (Å²) in [5.74, 6) is -0.926. The monoisotopic (exact) mass is 727 g/mol. The van der Waals surface area contributed by atoms with E-state index in [2.05, 4.69) is 13.8 Å². The number of unbranched alkanes of at least 4 members (excludes halogenated alkanes) is 34. The summed E-state index contributed by atoms with van der Waals surface area (Å²) < 4.78 is 4.87. The molecule has 0 aromatic heterocycles. The Morgan fingerprint density at radius 3 is 0.882 bits per heavy atom. The first-order valence-electron chi connectivity index (χ1n) is 22.6. The van der Waals surface area contributed by atoms with Crippen molar-refractivity contribution in [3.63, 3.8) is 0 Å². The number of aliphatic carboxylic acids is 1. The highest BCUT2D eigenvalue weighted by atomic mass is 16.5. The second-order valence-electron chi connectivity index (χ2n) is 15.4. The summed E-state index contributed by atoms with van der Waals surface area (Å²) in [5, 5.41) is 26.3. The van der Waals surface area contributed by atoms with Gasteiger partial charge in [0.2, 0.25) is 0 Å². The third kappa shape index (κ3) is 51.0. The molecule has 0 fully saturated rings. The molecule has 6 nitrogen and oxygen atoms in total. The van der Waals surface area contributed by atoms with Gasteiger partial charge in [0, 0.05) is 12.8 Å². The average Bonchev–Trinajstić information content (AvgIpc) is 3.13. The molecule has 51 heavy (non-hydrogen) atoms. The van der Waals surface area contributed by atoms with Gasteiger partial charge < -0.3 is 20.1 Å². The Morgan fingerprint density at radius 2 is 0.647 bits per heavy atom. The van der Waals surface area contributed by atoms with Crippen LogP contribution in [0.5, 0.6) is 0 Å². The van der Waals surface area contributed by atoms with Crippen LogP contribution in [0.15, 0.2) is 0 Å². The minimum Gasteiger partial charge on any atom is -0.481 e. The van der Waals surface area contributed by atoms with Gasteiger partial charge in [-0.25, -0.2) is 0 Å². The van der Waals surface area contributed by atoms with Crippen molar-refractivity contribution in [2.24, 2.45) is 0 Å². The highest BCUT2D eigenvalue weighted by Gasteiger charge is 2.07. The number of esters is 1. The molecule has 0 aliphatic carbocycles. The van der Waals surface area contributed by atoms with Gasteiger partial charge in [-0.2, -0.15) is 0 Å². The van der Waals surface area contributed by atoms with Crippen molar-refractivity contribution in [1.29, 1.82) is 0 Å². The number of carboxylic acid groups (broad SMARTS) is 1. The molecular weight excluding hydrogens is 636 g/mol. The van der Waals surface area contributed by atoms with Crippen LogP contribution < -0.4 is 0 Å². The largest absolute Gasteiger partial charge is 0.481 e. The summed E-state index contributed by atoms with van der Waals surface area (Å²) in [6.45, 7) is 4.08.